The number of ketones is 1. The molecule has 1 saturated carbocycles. The van der Waals surface area contributed by atoms with Gasteiger partial charge in [-0.1, -0.05) is 36.8 Å². The van der Waals surface area contributed by atoms with Gasteiger partial charge in [-0.2, -0.15) is 0 Å². The van der Waals surface area contributed by atoms with Crippen molar-refractivity contribution in [1.82, 2.24) is 0 Å². The van der Waals surface area contributed by atoms with Crippen LogP contribution in [0.5, 0.6) is 0 Å². The van der Waals surface area contributed by atoms with E-state index in [1.165, 1.54) is 30.5 Å². The third kappa shape index (κ3) is 5.29. The van der Waals surface area contributed by atoms with E-state index in [0.29, 0.717) is 24.5 Å². The summed E-state index contributed by atoms with van der Waals surface area (Å²) in [6.45, 7) is 0.575. The minimum atomic E-state index is -0.311. The molecular formula is C23H25FO2. The molecule has 1 fully saturated rings. The Kier molecular flexibility index (Phi) is 6.59. The molecule has 3 heteroatoms. The minimum absolute atomic E-state index is 0.0835. The molecule has 136 valence electrons. The zero-order valence-electron chi connectivity index (χ0n) is 15.0. The molecule has 2 aromatic carbocycles. The van der Waals surface area contributed by atoms with Gasteiger partial charge < -0.3 is 4.74 Å². The van der Waals surface area contributed by atoms with E-state index in [1.807, 2.05) is 24.5 Å². The van der Waals surface area contributed by atoms with Crippen molar-refractivity contribution in [3.63, 3.8) is 0 Å². The summed E-state index contributed by atoms with van der Waals surface area (Å²) in [6, 6.07) is 15.9. The number of rotatable bonds is 7. The molecule has 1 aliphatic rings. The van der Waals surface area contributed by atoms with E-state index in [2.05, 4.69) is 12.1 Å². The van der Waals surface area contributed by atoms with Crippen molar-refractivity contribution in [2.24, 2.45) is 5.92 Å². The molecule has 0 bridgehead atoms. The first-order chi connectivity index (χ1) is 12.7. The number of allylic oxidation sites excluding steroid dienone is 1. The highest BCUT2D eigenvalue weighted by atomic mass is 19.1. The second kappa shape index (κ2) is 9.33. The van der Waals surface area contributed by atoms with E-state index in [1.54, 1.807) is 12.1 Å². The average molecular weight is 352 g/mol. The summed E-state index contributed by atoms with van der Waals surface area (Å²) in [6.07, 6.45) is 7.78. The molecule has 0 aromatic heterocycles. The Hall–Kier alpha value is -2.42. The second-order valence-electron chi connectivity index (χ2n) is 6.90. The van der Waals surface area contributed by atoms with Gasteiger partial charge in [0.1, 0.15) is 12.4 Å². The molecule has 0 amide bonds. The molecule has 0 aliphatic heterocycles. The minimum Gasteiger partial charge on any atom is -0.497 e. The molecule has 1 atom stereocenters. The van der Waals surface area contributed by atoms with E-state index < -0.39 is 0 Å². The van der Waals surface area contributed by atoms with Gasteiger partial charge in [0.15, 0.2) is 5.78 Å². The zero-order valence-corrected chi connectivity index (χ0v) is 15.0. The Balaban J connectivity index is 1.53. The maximum absolute atomic E-state index is 13.0. The first kappa shape index (κ1) is 18.4. The fourth-order valence-electron chi connectivity index (χ4n) is 3.50. The first-order valence-corrected chi connectivity index (χ1v) is 9.35. The number of Topliss-reactive ketones (excluding diaryl/α,β-unsaturated/α-hetero) is 1. The predicted octanol–water partition coefficient (Wildman–Crippen LogP) is 6.08. The molecule has 0 spiro atoms. The molecule has 3 rings (SSSR count). The number of halogens is 1. The van der Waals surface area contributed by atoms with Crippen LogP contribution in [-0.4, -0.2) is 5.78 Å². The lowest BCUT2D eigenvalue weighted by molar-refractivity contribution is 0.0973. The van der Waals surface area contributed by atoms with Crippen molar-refractivity contribution in [1.29, 1.82) is 0 Å². The highest BCUT2D eigenvalue weighted by molar-refractivity contribution is 5.95. The largest absolute Gasteiger partial charge is 0.497 e. The van der Waals surface area contributed by atoms with Crippen LogP contribution in [0.2, 0.25) is 0 Å². The summed E-state index contributed by atoms with van der Waals surface area (Å²) >= 11 is 0. The van der Waals surface area contributed by atoms with Crippen molar-refractivity contribution in [3.05, 3.63) is 83.4 Å². The van der Waals surface area contributed by atoms with E-state index >= 15 is 0 Å². The maximum atomic E-state index is 13.0. The Bertz CT molecular complexity index is 735. The van der Waals surface area contributed by atoms with Gasteiger partial charge in [-0.25, -0.2) is 4.39 Å². The van der Waals surface area contributed by atoms with Crippen LogP contribution in [0.25, 0.3) is 0 Å². The van der Waals surface area contributed by atoms with E-state index in [9.17, 15) is 9.18 Å². The van der Waals surface area contributed by atoms with Gasteiger partial charge in [-0.3, -0.25) is 4.79 Å². The second-order valence-corrected chi connectivity index (χ2v) is 6.90. The lowest BCUT2D eigenvalue weighted by Gasteiger charge is -2.25. The fourth-order valence-corrected chi connectivity index (χ4v) is 3.50. The van der Waals surface area contributed by atoms with Crippen LogP contribution in [0.15, 0.2) is 66.4 Å². The van der Waals surface area contributed by atoms with Crippen molar-refractivity contribution < 1.29 is 13.9 Å². The SMILES string of the molecule is O=C(CCC1CCCC/C1=C\OCc1ccccc1)c1ccc(F)cc1. The zero-order chi connectivity index (χ0) is 18.2. The van der Waals surface area contributed by atoms with Crippen molar-refractivity contribution in [2.45, 2.75) is 45.1 Å². The molecule has 0 heterocycles. The first-order valence-electron chi connectivity index (χ1n) is 9.35. The van der Waals surface area contributed by atoms with Crippen LogP contribution in [0, 0.1) is 11.7 Å². The van der Waals surface area contributed by atoms with Gasteiger partial charge in [-0.05, 0) is 67.0 Å². The normalized spacial score (nSPS) is 18.7. The van der Waals surface area contributed by atoms with E-state index in [-0.39, 0.29) is 11.6 Å². The number of carbonyl (C=O) groups excluding carboxylic acids is 1. The van der Waals surface area contributed by atoms with Gasteiger partial charge in [-0.15, -0.1) is 0 Å². The Morgan fingerprint density at radius 3 is 2.62 bits per heavy atom. The van der Waals surface area contributed by atoms with Crippen LogP contribution < -0.4 is 0 Å². The Morgan fingerprint density at radius 2 is 1.85 bits per heavy atom. The monoisotopic (exact) mass is 352 g/mol. The average Bonchev–Trinajstić information content (AvgIpc) is 2.68. The molecule has 0 saturated heterocycles. The van der Waals surface area contributed by atoms with E-state index in [0.717, 1.165) is 24.8 Å². The topological polar surface area (TPSA) is 26.3 Å². The fraction of sp³-hybridized carbons (Fsp3) is 0.348. The third-order valence-electron chi connectivity index (χ3n) is 5.01. The number of benzene rings is 2. The van der Waals surface area contributed by atoms with Crippen molar-refractivity contribution in [2.75, 3.05) is 0 Å². The highest BCUT2D eigenvalue weighted by Gasteiger charge is 2.20. The molecule has 1 aliphatic carbocycles. The summed E-state index contributed by atoms with van der Waals surface area (Å²) in [7, 11) is 0. The lowest BCUT2D eigenvalue weighted by Crippen LogP contribution is -2.13. The number of hydrogen-bond donors (Lipinski definition) is 0. The molecule has 26 heavy (non-hydrogen) atoms. The molecule has 2 aromatic rings. The van der Waals surface area contributed by atoms with Crippen LogP contribution >= 0.6 is 0 Å². The lowest BCUT2D eigenvalue weighted by atomic mass is 9.81. The molecule has 1 unspecified atom stereocenters. The van der Waals surface area contributed by atoms with Gasteiger partial charge in [0.05, 0.1) is 6.26 Å². The standard InChI is InChI=1S/C23H25FO2/c24-22-13-10-20(11-14-22)23(25)15-12-19-8-4-5-9-21(19)17-26-16-18-6-2-1-3-7-18/h1-3,6-7,10-11,13-14,17,19H,4-5,8-9,12,15-16H2/b21-17+. The van der Waals surface area contributed by atoms with Gasteiger partial charge in [0.2, 0.25) is 0 Å². The van der Waals surface area contributed by atoms with Gasteiger partial charge in [0.25, 0.3) is 0 Å². The van der Waals surface area contributed by atoms with Crippen molar-refractivity contribution >= 4 is 5.78 Å². The number of ether oxygens (including phenoxy) is 1. The van der Waals surface area contributed by atoms with Gasteiger partial charge >= 0.3 is 0 Å². The smallest absolute Gasteiger partial charge is 0.162 e. The summed E-state index contributed by atoms with van der Waals surface area (Å²) in [5, 5.41) is 0. The summed E-state index contributed by atoms with van der Waals surface area (Å²) in [4.78, 5) is 12.3. The maximum Gasteiger partial charge on any atom is 0.162 e. The van der Waals surface area contributed by atoms with Crippen LogP contribution in [0.3, 0.4) is 0 Å². The molecule has 0 N–H and O–H groups in total. The summed E-state index contributed by atoms with van der Waals surface area (Å²) in [5.74, 6) is 0.179. The molecular weight excluding hydrogens is 327 g/mol. The number of carbonyl (C=O) groups is 1. The Labute approximate surface area is 154 Å². The molecule has 0 radical (unpaired) electrons. The van der Waals surface area contributed by atoms with Crippen LogP contribution in [0.1, 0.15) is 54.4 Å². The van der Waals surface area contributed by atoms with Crippen LogP contribution in [0.4, 0.5) is 4.39 Å². The van der Waals surface area contributed by atoms with Crippen molar-refractivity contribution in [3.8, 4) is 0 Å². The van der Waals surface area contributed by atoms with Gasteiger partial charge in [0, 0.05) is 12.0 Å². The number of hydrogen-bond acceptors (Lipinski definition) is 2. The Morgan fingerprint density at radius 1 is 1.08 bits per heavy atom. The third-order valence-corrected chi connectivity index (χ3v) is 5.01. The molecule has 2 nitrogen and oxygen atoms in total. The van der Waals surface area contributed by atoms with E-state index in [4.69, 9.17) is 4.74 Å². The highest BCUT2D eigenvalue weighted by Crippen LogP contribution is 2.33. The summed E-state index contributed by atoms with van der Waals surface area (Å²) < 4.78 is 18.8. The predicted molar refractivity (Wildman–Crippen MR) is 101 cm³/mol. The summed E-state index contributed by atoms with van der Waals surface area (Å²) in [5.41, 5.74) is 3.07. The quantitative estimate of drug-likeness (QED) is 0.446. The van der Waals surface area contributed by atoms with Crippen LogP contribution in [-0.2, 0) is 11.3 Å².